The van der Waals surface area contributed by atoms with E-state index < -0.39 is 43.5 Å². The summed E-state index contributed by atoms with van der Waals surface area (Å²) in [6.45, 7) is 1.35. The molecule has 1 unspecified atom stereocenters. The van der Waals surface area contributed by atoms with Crippen LogP contribution in [0.25, 0.3) is 0 Å². The monoisotopic (exact) mass is 607 g/mol. The summed E-state index contributed by atoms with van der Waals surface area (Å²) in [7, 11) is -7.67. The fraction of sp³-hybridized carbons (Fsp3) is 0.259. The van der Waals surface area contributed by atoms with Gasteiger partial charge in [0.15, 0.2) is 9.84 Å². The minimum absolute atomic E-state index is 0.0674. The first kappa shape index (κ1) is 29.9. The first-order valence-corrected chi connectivity index (χ1v) is 15.3. The van der Waals surface area contributed by atoms with E-state index in [1.54, 1.807) is 0 Å². The summed E-state index contributed by atoms with van der Waals surface area (Å²) in [6.07, 6.45) is -4.72. The first-order valence-electron chi connectivity index (χ1n) is 12.3. The maximum atomic E-state index is 13.3. The van der Waals surface area contributed by atoms with Crippen molar-refractivity contribution in [2.45, 2.75) is 35.4 Å². The van der Waals surface area contributed by atoms with Crippen LogP contribution in [-0.4, -0.2) is 41.6 Å². The number of fused-ring (bicyclic) bond motifs is 1. The van der Waals surface area contributed by atoms with Crippen LogP contribution in [0.5, 0.6) is 5.75 Å². The number of hydrogen-bond acceptors (Lipinski definition) is 7. The van der Waals surface area contributed by atoms with Crippen LogP contribution in [0.3, 0.4) is 0 Å². The SMILES string of the molecule is CCS(=O)(=O)c1ccc(C(CC#N)NC(=O)c2ccc3c(c2)OCCN3S(=O)(=O)c2ccc(C(F)(F)F)cc2)cc1. The van der Waals surface area contributed by atoms with E-state index in [-0.39, 0.29) is 52.1 Å². The maximum absolute atomic E-state index is 13.3. The van der Waals surface area contributed by atoms with E-state index in [0.717, 1.165) is 16.4 Å². The number of nitrogens with zero attached hydrogens (tertiary/aromatic N) is 2. The lowest BCUT2D eigenvalue weighted by Gasteiger charge is -2.30. The number of sulfonamides is 1. The predicted molar refractivity (Wildman–Crippen MR) is 143 cm³/mol. The number of sulfone groups is 1. The minimum Gasteiger partial charge on any atom is -0.489 e. The number of nitrogens with one attached hydrogen (secondary N) is 1. The third-order valence-electron chi connectivity index (χ3n) is 6.43. The van der Waals surface area contributed by atoms with Gasteiger partial charge in [-0.1, -0.05) is 19.1 Å². The summed E-state index contributed by atoms with van der Waals surface area (Å²) >= 11 is 0. The van der Waals surface area contributed by atoms with Crippen LogP contribution in [0.4, 0.5) is 18.9 Å². The van der Waals surface area contributed by atoms with Crippen LogP contribution in [0.2, 0.25) is 0 Å². The fourth-order valence-electron chi connectivity index (χ4n) is 4.19. The Labute approximate surface area is 235 Å². The van der Waals surface area contributed by atoms with Crippen LogP contribution >= 0.6 is 0 Å². The number of anilines is 1. The van der Waals surface area contributed by atoms with Gasteiger partial charge in [-0.05, 0) is 60.2 Å². The van der Waals surface area contributed by atoms with Gasteiger partial charge in [-0.25, -0.2) is 16.8 Å². The molecule has 0 saturated carbocycles. The zero-order valence-corrected chi connectivity index (χ0v) is 23.2. The van der Waals surface area contributed by atoms with Gasteiger partial charge in [0.05, 0.1) is 51.9 Å². The number of rotatable bonds is 8. The van der Waals surface area contributed by atoms with E-state index in [9.17, 15) is 40.1 Å². The van der Waals surface area contributed by atoms with Gasteiger partial charge in [-0.3, -0.25) is 9.10 Å². The van der Waals surface area contributed by atoms with Crippen molar-refractivity contribution in [1.29, 1.82) is 5.26 Å². The molecule has 4 rings (SSSR count). The van der Waals surface area contributed by atoms with Crippen molar-refractivity contribution in [2.24, 2.45) is 0 Å². The molecule has 1 atom stereocenters. The largest absolute Gasteiger partial charge is 0.489 e. The molecule has 1 amide bonds. The van der Waals surface area contributed by atoms with Crippen molar-refractivity contribution in [2.75, 3.05) is 23.2 Å². The molecule has 0 bridgehead atoms. The molecular weight excluding hydrogens is 583 g/mol. The molecule has 0 spiro atoms. The first-order chi connectivity index (χ1) is 19.3. The lowest BCUT2D eigenvalue weighted by Crippen LogP contribution is -2.38. The normalized spacial score (nSPS) is 14.4. The van der Waals surface area contributed by atoms with Crippen LogP contribution in [0, 0.1) is 11.3 Å². The Kier molecular flexibility index (Phi) is 8.32. The Morgan fingerprint density at radius 2 is 1.66 bits per heavy atom. The van der Waals surface area contributed by atoms with E-state index in [1.807, 2.05) is 6.07 Å². The van der Waals surface area contributed by atoms with Gasteiger partial charge in [0.1, 0.15) is 12.4 Å². The molecule has 0 aromatic heterocycles. The molecule has 1 aliphatic rings. The lowest BCUT2D eigenvalue weighted by atomic mass is 10.0. The highest BCUT2D eigenvalue weighted by molar-refractivity contribution is 7.93. The number of alkyl halides is 3. The Balaban J connectivity index is 1.57. The second-order valence-electron chi connectivity index (χ2n) is 8.99. The fourth-order valence-corrected chi connectivity index (χ4v) is 6.53. The number of hydrogen-bond donors (Lipinski definition) is 1. The van der Waals surface area contributed by atoms with Crippen LogP contribution in [0.15, 0.2) is 76.5 Å². The van der Waals surface area contributed by atoms with Gasteiger partial charge in [0.2, 0.25) is 0 Å². The number of amides is 1. The van der Waals surface area contributed by atoms with Crippen molar-refractivity contribution in [3.8, 4) is 11.8 Å². The molecule has 14 heteroatoms. The van der Waals surface area contributed by atoms with Gasteiger partial charge < -0.3 is 10.1 Å². The second kappa shape index (κ2) is 11.4. The molecule has 0 saturated heterocycles. The molecule has 1 aliphatic heterocycles. The van der Waals surface area contributed by atoms with Gasteiger partial charge >= 0.3 is 6.18 Å². The number of carbonyl (C=O) groups excluding carboxylic acids is 1. The highest BCUT2D eigenvalue weighted by Crippen LogP contribution is 2.37. The van der Waals surface area contributed by atoms with Gasteiger partial charge in [0.25, 0.3) is 15.9 Å². The highest BCUT2D eigenvalue weighted by Gasteiger charge is 2.33. The third-order valence-corrected chi connectivity index (χ3v) is 10.0. The zero-order chi connectivity index (χ0) is 30.0. The number of ether oxygens (including phenoxy) is 1. The number of nitriles is 1. The standard InChI is InChI=1S/C27H24F3N3O6S2/c1-2-40(35,36)21-8-3-18(4-9-21)23(13-14-31)32-26(34)19-5-12-24-25(17-19)39-16-15-33(24)41(37,38)22-10-6-20(7-11-22)27(28,29)30/h3-12,17,23H,2,13,15-16H2,1H3,(H,32,34). The summed E-state index contributed by atoms with van der Waals surface area (Å²) in [5.41, 5.74) is -0.260. The molecule has 1 N–H and O–H groups in total. The van der Waals surface area contributed by atoms with E-state index in [1.165, 1.54) is 49.4 Å². The second-order valence-corrected chi connectivity index (χ2v) is 13.1. The molecule has 3 aromatic carbocycles. The molecule has 0 radical (unpaired) electrons. The van der Waals surface area contributed by atoms with Crippen LogP contribution in [-0.2, 0) is 26.0 Å². The number of carbonyl (C=O) groups is 1. The van der Waals surface area contributed by atoms with Crippen LogP contribution in [0.1, 0.15) is 40.9 Å². The van der Waals surface area contributed by atoms with Crippen molar-refractivity contribution < 1.29 is 39.5 Å². The summed E-state index contributed by atoms with van der Waals surface area (Å²) in [6, 6.07) is 14.3. The summed E-state index contributed by atoms with van der Waals surface area (Å²) in [5, 5.41) is 12.0. The maximum Gasteiger partial charge on any atom is 0.416 e. The molecule has 3 aromatic rings. The summed E-state index contributed by atoms with van der Waals surface area (Å²) in [4.78, 5) is 12.9. The van der Waals surface area contributed by atoms with E-state index in [4.69, 9.17) is 4.74 Å². The summed E-state index contributed by atoms with van der Waals surface area (Å²) in [5.74, 6) is -0.594. The molecule has 0 fully saturated rings. The van der Waals surface area contributed by atoms with Gasteiger partial charge in [-0.15, -0.1) is 0 Å². The Bertz CT molecular complexity index is 1700. The molecule has 9 nitrogen and oxygen atoms in total. The lowest BCUT2D eigenvalue weighted by molar-refractivity contribution is -0.137. The topological polar surface area (TPSA) is 134 Å². The molecule has 216 valence electrons. The average molecular weight is 608 g/mol. The predicted octanol–water partition coefficient (Wildman–Crippen LogP) is 4.47. The third kappa shape index (κ3) is 6.31. The highest BCUT2D eigenvalue weighted by atomic mass is 32.2. The number of benzene rings is 3. The number of halogens is 3. The van der Waals surface area contributed by atoms with Crippen LogP contribution < -0.4 is 14.4 Å². The molecule has 0 aliphatic carbocycles. The quantitative estimate of drug-likeness (QED) is 0.399. The van der Waals surface area contributed by atoms with E-state index in [2.05, 4.69) is 5.32 Å². The van der Waals surface area contributed by atoms with Crippen molar-refractivity contribution in [3.63, 3.8) is 0 Å². The minimum atomic E-state index is -4.61. The van der Waals surface area contributed by atoms with Crippen molar-refractivity contribution in [1.82, 2.24) is 5.32 Å². The zero-order valence-electron chi connectivity index (χ0n) is 21.6. The molecular formula is C27H24F3N3O6S2. The molecule has 41 heavy (non-hydrogen) atoms. The average Bonchev–Trinajstić information content (AvgIpc) is 2.96. The van der Waals surface area contributed by atoms with Crippen molar-refractivity contribution >= 4 is 31.5 Å². The van der Waals surface area contributed by atoms with E-state index in [0.29, 0.717) is 17.7 Å². The Morgan fingerprint density at radius 3 is 2.24 bits per heavy atom. The Hall–Kier alpha value is -4.09. The summed E-state index contributed by atoms with van der Waals surface area (Å²) < 4.78 is 96.0. The smallest absolute Gasteiger partial charge is 0.416 e. The Morgan fingerprint density at radius 1 is 1.02 bits per heavy atom. The molecule has 1 heterocycles. The van der Waals surface area contributed by atoms with Gasteiger partial charge in [-0.2, -0.15) is 18.4 Å². The van der Waals surface area contributed by atoms with E-state index >= 15 is 0 Å². The van der Waals surface area contributed by atoms with Crippen molar-refractivity contribution in [3.05, 3.63) is 83.4 Å². The van der Waals surface area contributed by atoms with Gasteiger partial charge in [0, 0.05) is 5.56 Å².